The molecule has 0 aliphatic rings. The number of carbonyl (C=O) groups excluding carboxylic acids is 1. The molecule has 10 heteroatoms. The predicted octanol–water partition coefficient (Wildman–Crippen LogP) is 3.51. The van der Waals surface area contributed by atoms with Gasteiger partial charge in [-0.3, -0.25) is 18.7 Å². The molecule has 0 radical (unpaired) electrons. The van der Waals surface area contributed by atoms with E-state index in [2.05, 4.69) is 10.3 Å². The van der Waals surface area contributed by atoms with E-state index in [0.717, 1.165) is 32.0 Å². The molecule has 3 rings (SSSR count). The Morgan fingerprint density at radius 3 is 2.52 bits per heavy atom. The Labute approximate surface area is 199 Å². The standard InChI is InChI=1S/C23H23ClN4O4S/c1-13-6-5-7-15(10-13)26-20(19-21(30)27(3)23(32)28(4)22(19)31)33-12-18(29)25-16-9-8-14(2)17(24)11-16/h5-11,30H,12H2,1-4H3,(H,25,29). The summed E-state index contributed by atoms with van der Waals surface area (Å²) in [6.07, 6.45) is 0. The van der Waals surface area contributed by atoms with E-state index < -0.39 is 17.1 Å². The lowest BCUT2D eigenvalue weighted by molar-refractivity contribution is -0.113. The third kappa shape index (κ3) is 5.55. The monoisotopic (exact) mass is 486 g/mol. The van der Waals surface area contributed by atoms with Gasteiger partial charge in [0.05, 0.1) is 11.4 Å². The average Bonchev–Trinajstić information content (AvgIpc) is 2.77. The molecular formula is C23H23ClN4O4S. The van der Waals surface area contributed by atoms with Crippen LogP contribution >= 0.6 is 23.4 Å². The van der Waals surface area contributed by atoms with Crippen molar-refractivity contribution in [2.45, 2.75) is 13.8 Å². The summed E-state index contributed by atoms with van der Waals surface area (Å²) in [5.74, 6) is -0.965. The number of amides is 1. The van der Waals surface area contributed by atoms with Crippen LogP contribution < -0.4 is 16.6 Å². The fraction of sp³-hybridized carbons (Fsp3) is 0.217. The predicted molar refractivity (Wildman–Crippen MR) is 133 cm³/mol. The Balaban J connectivity index is 1.97. The number of hydrogen-bond acceptors (Lipinski definition) is 6. The zero-order chi connectivity index (χ0) is 24.3. The zero-order valence-electron chi connectivity index (χ0n) is 18.5. The number of benzene rings is 2. The molecule has 1 heterocycles. The molecule has 1 amide bonds. The molecule has 0 spiro atoms. The molecule has 0 unspecified atom stereocenters. The summed E-state index contributed by atoms with van der Waals surface area (Å²) >= 11 is 7.09. The van der Waals surface area contributed by atoms with E-state index in [1.165, 1.54) is 14.1 Å². The molecule has 0 saturated heterocycles. The van der Waals surface area contributed by atoms with Crippen molar-refractivity contribution in [3.05, 3.63) is 85.0 Å². The Hall–Kier alpha value is -3.30. The minimum Gasteiger partial charge on any atom is -0.494 e. The Morgan fingerprint density at radius 1 is 1.12 bits per heavy atom. The number of hydrogen-bond donors (Lipinski definition) is 2. The zero-order valence-corrected chi connectivity index (χ0v) is 20.1. The number of aromatic nitrogens is 2. The van der Waals surface area contributed by atoms with Crippen LogP contribution in [0, 0.1) is 13.8 Å². The minimum absolute atomic E-state index is 0.0957. The summed E-state index contributed by atoms with van der Waals surface area (Å²) in [4.78, 5) is 42.1. The number of aromatic hydroxyl groups is 1. The number of aliphatic imine (C=N–C) groups is 1. The van der Waals surface area contributed by atoms with Gasteiger partial charge in [0, 0.05) is 24.8 Å². The van der Waals surface area contributed by atoms with Crippen molar-refractivity contribution in [1.82, 2.24) is 9.13 Å². The summed E-state index contributed by atoms with van der Waals surface area (Å²) in [5.41, 5.74) is 1.38. The third-order valence-electron chi connectivity index (χ3n) is 4.88. The van der Waals surface area contributed by atoms with Gasteiger partial charge in [0.25, 0.3) is 5.56 Å². The molecule has 2 N–H and O–H groups in total. The molecular weight excluding hydrogens is 464 g/mol. The summed E-state index contributed by atoms with van der Waals surface area (Å²) in [6.45, 7) is 3.76. The van der Waals surface area contributed by atoms with Crippen molar-refractivity contribution in [3.8, 4) is 5.88 Å². The van der Waals surface area contributed by atoms with E-state index in [0.29, 0.717) is 16.4 Å². The van der Waals surface area contributed by atoms with E-state index in [9.17, 15) is 19.5 Å². The van der Waals surface area contributed by atoms with Crippen LogP contribution in [0.5, 0.6) is 5.88 Å². The fourth-order valence-electron chi connectivity index (χ4n) is 3.00. The molecule has 172 valence electrons. The molecule has 2 aromatic carbocycles. The number of aryl methyl sites for hydroxylation is 2. The van der Waals surface area contributed by atoms with Crippen molar-refractivity contribution in [2.75, 3.05) is 11.1 Å². The van der Waals surface area contributed by atoms with E-state index in [1.54, 1.807) is 30.3 Å². The maximum absolute atomic E-state index is 12.8. The lowest BCUT2D eigenvalue weighted by atomic mass is 10.2. The van der Waals surface area contributed by atoms with Gasteiger partial charge in [-0.15, -0.1) is 0 Å². The highest BCUT2D eigenvalue weighted by molar-refractivity contribution is 8.15. The van der Waals surface area contributed by atoms with Gasteiger partial charge in [-0.05, 0) is 49.2 Å². The first-order valence-corrected chi connectivity index (χ1v) is 11.3. The molecule has 0 saturated carbocycles. The van der Waals surface area contributed by atoms with Crippen molar-refractivity contribution >= 4 is 45.7 Å². The quantitative estimate of drug-likeness (QED) is 0.424. The summed E-state index contributed by atoms with van der Waals surface area (Å²) in [6, 6.07) is 12.4. The van der Waals surface area contributed by atoms with Crippen LogP contribution in [0.2, 0.25) is 5.02 Å². The molecule has 33 heavy (non-hydrogen) atoms. The fourth-order valence-corrected chi connectivity index (χ4v) is 4.01. The molecule has 0 aliphatic carbocycles. The maximum Gasteiger partial charge on any atom is 0.333 e. The van der Waals surface area contributed by atoms with Gasteiger partial charge in [0.2, 0.25) is 11.8 Å². The number of nitrogens with zero attached hydrogens (tertiary/aromatic N) is 3. The van der Waals surface area contributed by atoms with Crippen molar-refractivity contribution in [1.29, 1.82) is 0 Å². The Bertz CT molecular complexity index is 1380. The number of thioether (sulfide) groups is 1. The topological polar surface area (TPSA) is 106 Å². The molecule has 0 fully saturated rings. The SMILES string of the molecule is Cc1cccc(N=C(SCC(=O)Nc2ccc(C)c(Cl)c2)c2c(O)n(C)c(=O)n(C)c2=O)c1. The van der Waals surface area contributed by atoms with Crippen LogP contribution in [0.4, 0.5) is 11.4 Å². The minimum atomic E-state index is -0.708. The first-order valence-electron chi connectivity index (χ1n) is 9.92. The molecule has 3 aromatic rings. The smallest absolute Gasteiger partial charge is 0.333 e. The van der Waals surface area contributed by atoms with Gasteiger partial charge in [0.1, 0.15) is 10.6 Å². The second-order valence-electron chi connectivity index (χ2n) is 7.46. The van der Waals surface area contributed by atoms with E-state index in [4.69, 9.17) is 11.6 Å². The largest absolute Gasteiger partial charge is 0.494 e. The first kappa shape index (κ1) is 24.3. The van der Waals surface area contributed by atoms with Crippen LogP contribution in [0.1, 0.15) is 16.7 Å². The van der Waals surface area contributed by atoms with Crippen molar-refractivity contribution in [3.63, 3.8) is 0 Å². The number of carbonyl (C=O) groups is 1. The number of halogens is 1. The second-order valence-corrected chi connectivity index (χ2v) is 8.83. The van der Waals surface area contributed by atoms with Crippen LogP contribution in [0.25, 0.3) is 0 Å². The van der Waals surface area contributed by atoms with Crippen LogP contribution in [-0.4, -0.2) is 30.9 Å². The van der Waals surface area contributed by atoms with Crippen LogP contribution in [0.3, 0.4) is 0 Å². The number of rotatable bonds is 5. The number of nitrogens with one attached hydrogen (secondary N) is 1. The number of anilines is 1. The van der Waals surface area contributed by atoms with Gasteiger partial charge < -0.3 is 10.4 Å². The van der Waals surface area contributed by atoms with E-state index in [1.807, 2.05) is 26.0 Å². The maximum atomic E-state index is 12.8. The van der Waals surface area contributed by atoms with Crippen molar-refractivity contribution in [2.24, 2.45) is 19.1 Å². The van der Waals surface area contributed by atoms with Crippen LogP contribution in [0.15, 0.2) is 57.0 Å². The molecule has 0 bridgehead atoms. The summed E-state index contributed by atoms with van der Waals surface area (Å²) in [7, 11) is 2.67. The molecule has 0 aliphatic heterocycles. The van der Waals surface area contributed by atoms with Gasteiger partial charge in [-0.25, -0.2) is 9.79 Å². The van der Waals surface area contributed by atoms with Gasteiger partial charge in [0.15, 0.2) is 0 Å². The highest BCUT2D eigenvalue weighted by Crippen LogP contribution is 2.24. The second kappa shape index (κ2) is 10.1. The molecule has 0 atom stereocenters. The van der Waals surface area contributed by atoms with E-state index in [-0.39, 0.29) is 22.3 Å². The first-order chi connectivity index (χ1) is 15.6. The Kier molecular flexibility index (Phi) is 7.45. The normalized spacial score (nSPS) is 11.5. The van der Waals surface area contributed by atoms with Crippen molar-refractivity contribution < 1.29 is 9.90 Å². The third-order valence-corrected chi connectivity index (χ3v) is 6.26. The van der Waals surface area contributed by atoms with Gasteiger partial charge >= 0.3 is 5.69 Å². The lowest BCUT2D eigenvalue weighted by Crippen LogP contribution is -2.39. The molecule has 1 aromatic heterocycles. The van der Waals surface area contributed by atoms with Gasteiger partial charge in [-0.2, -0.15) is 0 Å². The Morgan fingerprint density at radius 2 is 1.85 bits per heavy atom. The highest BCUT2D eigenvalue weighted by atomic mass is 35.5. The average molecular weight is 487 g/mol. The summed E-state index contributed by atoms with van der Waals surface area (Å²) < 4.78 is 1.84. The highest BCUT2D eigenvalue weighted by Gasteiger charge is 2.22. The van der Waals surface area contributed by atoms with Crippen LogP contribution in [-0.2, 0) is 18.9 Å². The lowest BCUT2D eigenvalue weighted by Gasteiger charge is -2.13. The van der Waals surface area contributed by atoms with Gasteiger partial charge in [-0.1, -0.05) is 41.6 Å². The molecule has 8 nitrogen and oxygen atoms in total. The summed E-state index contributed by atoms with van der Waals surface area (Å²) in [5, 5.41) is 14.0. The van der Waals surface area contributed by atoms with E-state index >= 15 is 0 Å².